The molecule has 1 N–H and O–H groups in total. The van der Waals surface area contributed by atoms with E-state index in [4.69, 9.17) is 0 Å². The van der Waals surface area contributed by atoms with Crippen LogP contribution in [0.25, 0.3) is 0 Å². The van der Waals surface area contributed by atoms with Crippen LogP contribution in [0.4, 0.5) is 0 Å². The Hall–Kier alpha value is 0.440. The third-order valence-corrected chi connectivity index (χ3v) is 3.62. The first-order valence-corrected chi connectivity index (χ1v) is 4.16. The summed E-state index contributed by atoms with van der Waals surface area (Å²) in [5.41, 5.74) is 0. The summed E-state index contributed by atoms with van der Waals surface area (Å²) in [6.45, 7) is 2.49. The number of piperidine rings is 1. The molecule has 1 saturated carbocycles. The second-order valence-corrected chi connectivity index (χ2v) is 3.82. The third kappa shape index (κ3) is 0.627. The largest absolute Gasteiger partial charge is 0.316 e. The van der Waals surface area contributed by atoms with Gasteiger partial charge < -0.3 is 5.32 Å². The summed E-state index contributed by atoms with van der Waals surface area (Å²) in [4.78, 5) is 0.859. The lowest BCUT2D eigenvalue weighted by Crippen LogP contribution is -2.23. The van der Waals surface area contributed by atoms with Crippen molar-refractivity contribution in [3.63, 3.8) is 0 Å². The SMILES string of the molecule is BrC1C2CCNCC12. The highest BCUT2D eigenvalue weighted by molar-refractivity contribution is 9.09. The van der Waals surface area contributed by atoms with Crippen LogP contribution in [0, 0.1) is 11.8 Å². The Bertz CT molecular complexity index is 92.7. The van der Waals surface area contributed by atoms with Crippen LogP contribution in [0.1, 0.15) is 6.42 Å². The van der Waals surface area contributed by atoms with E-state index in [1.165, 1.54) is 19.5 Å². The molecule has 2 fully saturated rings. The molecule has 3 atom stereocenters. The van der Waals surface area contributed by atoms with Crippen molar-refractivity contribution in [3.8, 4) is 0 Å². The number of nitrogens with one attached hydrogen (secondary N) is 1. The van der Waals surface area contributed by atoms with Crippen LogP contribution in [0.2, 0.25) is 0 Å². The van der Waals surface area contributed by atoms with Gasteiger partial charge >= 0.3 is 0 Å². The second kappa shape index (κ2) is 1.71. The van der Waals surface area contributed by atoms with Gasteiger partial charge in [-0.3, -0.25) is 0 Å². The molecule has 1 nitrogen and oxygen atoms in total. The summed E-state index contributed by atoms with van der Waals surface area (Å²) in [5.74, 6) is 2.00. The molecule has 0 amide bonds. The lowest BCUT2D eigenvalue weighted by molar-refractivity contribution is 0.497. The zero-order chi connectivity index (χ0) is 5.56. The second-order valence-electron chi connectivity index (χ2n) is 2.76. The van der Waals surface area contributed by atoms with Crippen molar-refractivity contribution in [1.82, 2.24) is 5.32 Å². The van der Waals surface area contributed by atoms with Gasteiger partial charge in [0.15, 0.2) is 0 Å². The molecule has 46 valence electrons. The molecule has 0 bridgehead atoms. The van der Waals surface area contributed by atoms with Crippen LogP contribution in [0.3, 0.4) is 0 Å². The Morgan fingerprint density at radius 2 is 2.25 bits per heavy atom. The smallest absolute Gasteiger partial charge is 0.0221 e. The number of hydrogen-bond donors (Lipinski definition) is 1. The van der Waals surface area contributed by atoms with E-state index in [9.17, 15) is 0 Å². The predicted molar refractivity (Wildman–Crippen MR) is 37.2 cm³/mol. The number of hydrogen-bond acceptors (Lipinski definition) is 1. The Balaban J connectivity index is 1.97. The molecule has 1 saturated heterocycles. The fourth-order valence-electron chi connectivity index (χ4n) is 1.57. The Morgan fingerprint density at radius 3 is 2.75 bits per heavy atom. The van der Waals surface area contributed by atoms with E-state index < -0.39 is 0 Å². The summed E-state index contributed by atoms with van der Waals surface area (Å²) in [6.07, 6.45) is 1.39. The van der Waals surface area contributed by atoms with Crippen molar-refractivity contribution in [1.29, 1.82) is 0 Å². The van der Waals surface area contributed by atoms with Crippen molar-refractivity contribution in [3.05, 3.63) is 0 Å². The van der Waals surface area contributed by atoms with Crippen LogP contribution < -0.4 is 5.32 Å². The summed E-state index contributed by atoms with van der Waals surface area (Å²) >= 11 is 3.64. The highest BCUT2D eigenvalue weighted by Gasteiger charge is 2.48. The third-order valence-electron chi connectivity index (χ3n) is 2.26. The van der Waals surface area contributed by atoms with Crippen molar-refractivity contribution in [2.75, 3.05) is 13.1 Å². The first kappa shape index (κ1) is 5.24. The van der Waals surface area contributed by atoms with E-state index in [0.717, 1.165) is 16.7 Å². The van der Waals surface area contributed by atoms with E-state index in [0.29, 0.717) is 0 Å². The lowest BCUT2D eigenvalue weighted by atomic mass is 10.2. The van der Waals surface area contributed by atoms with Gasteiger partial charge in [-0.2, -0.15) is 0 Å². The minimum absolute atomic E-state index is 0.859. The van der Waals surface area contributed by atoms with Crippen LogP contribution >= 0.6 is 15.9 Å². The first-order valence-electron chi connectivity index (χ1n) is 3.24. The molecule has 2 rings (SSSR count). The number of alkyl halides is 1. The van der Waals surface area contributed by atoms with Crippen LogP contribution in [-0.2, 0) is 0 Å². The fraction of sp³-hybridized carbons (Fsp3) is 1.00. The maximum atomic E-state index is 3.64. The van der Waals surface area contributed by atoms with E-state index in [1.54, 1.807) is 0 Å². The zero-order valence-electron chi connectivity index (χ0n) is 4.73. The van der Waals surface area contributed by atoms with Gasteiger partial charge in [-0.15, -0.1) is 0 Å². The van der Waals surface area contributed by atoms with Crippen molar-refractivity contribution in [2.45, 2.75) is 11.2 Å². The highest BCUT2D eigenvalue weighted by Crippen LogP contribution is 2.48. The summed E-state index contributed by atoms with van der Waals surface area (Å²) in [5, 5.41) is 3.38. The van der Waals surface area contributed by atoms with Crippen LogP contribution in [0.5, 0.6) is 0 Å². The average Bonchev–Trinajstić information content (AvgIpc) is 2.46. The molecule has 1 aliphatic heterocycles. The quantitative estimate of drug-likeness (QED) is 0.542. The minimum Gasteiger partial charge on any atom is -0.316 e. The number of halogens is 1. The number of fused-ring (bicyclic) bond motifs is 1. The van der Waals surface area contributed by atoms with Crippen LogP contribution in [0.15, 0.2) is 0 Å². The van der Waals surface area contributed by atoms with Crippen molar-refractivity contribution < 1.29 is 0 Å². The highest BCUT2D eigenvalue weighted by atomic mass is 79.9. The number of rotatable bonds is 0. The summed E-state index contributed by atoms with van der Waals surface area (Å²) in [7, 11) is 0. The molecule has 0 aromatic heterocycles. The molecule has 0 radical (unpaired) electrons. The zero-order valence-corrected chi connectivity index (χ0v) is 6.32. The maximum absolute atomic E-state index is 3.64. The summed E-state index contributed by atoms with van der Waals surface area (Å²) in [6, 6.07) is 0. The molecular formula is C6H10BrN. The van der Waals surface area contributed by atoms with Gasteiger partial charge in [-0.1, -0.05) is 15.9 Å². The van der Waals surface area contributed by atoms with Gasteiger partial charge in [0.25, 0.3) is 0 Å². The van der Waals surface area contributed by atoms with Gasteiger partial charge in [0.2, 0.25) is 0 Å². The molecule has 2 heteroatoms. The Kier molecular flexibility index (Phi) is 1.12. The maximum Gasteiger partial charge on any atom is 0.0221 e. The predicted octanol–water partition coefficient (Wildman–Crippen LogP) is 0.989. The Labute approximate surface area is 58.0 Å². The standard InChI is InChI=1S/C6H10BrN/c7-6-4-1-2-8-3-5(4)6/h4-6,8H,1-3H2. The monoisotopic (exact) mass is 175 g/mol. The molecule has 0 aromatic carbocycles. The summed E-state index contributed by atoms with van der Waals surface area (Å²) < 4.78 is 0. The Morgan fingerprint density at radius 1 is 1.38 bits per heavy atom. The first-order chi connectivity index (χ1) is 3.89. The molecular weight excluding hydrogens is 166 g/mol. The van der Waals surface area contributed by atoms with Crippen LogP contribution in [-0.4, -0.2) is 17.9 Å². The van der Waals surface area contributed by atoms with E-state index in [-0.39, 0.29) is 0 Å². The molecule has 1 heterocycles. The van der Waals surface area contributed by atoms with Gasteiger partial charge in [0.1, 0.15) is 0 Å². The molecule has 3 unspecified atom stereocenters. The van der Waals surface area contributed by atoms with E-state index >= 15 is 0 Å². The molecule has 2 aliphatic rings. The normalized spacial score (nSPS) is 52.9. The average molecular weight is 176 g/mol. The lowest BCUT2D eigenvalue weighted by Gasteiger charge is -2.07. The van der Waals surface area contributed by atoms with E-state index in [1.807, 2.05) is 0 Å². The van der Waals surface area contributed by atoms with Gasteiger partial charge in [-0.05, 0) is 31.3 Å². The fourth-order valence-corrected chi connectivity index (χ4v) is 2.63. The van der Waals surface area contributed by atoms with Gasteiger partial charge in [-0.25, -0.2) is 0 Å². The minimum atomic E-state index is 0.859. The van der Waals surface area contributed by atoms with Crippen molar-refractivity contribution in [2.24, 2.45) is 11.8 Å². The molecule has 0 aromatic rings. The molecule has 8 heavy (non-hydrogen) atoms. The molecule has 1 aliphatic carbocycles. The van der Waals surface area contributed by atoms with Gasteiger partial charge in [0, 0.05) is 4.83 Å². The van der Waals surface area contributed by atoms with Crippen molar-refractivity contribution >= 4 is 15.9 Å². The van der Waals surface area contributed by atoms with Gasteiger partial charge in [0.05, 0.1) is 0 Å². The topological polar surface area (TPSA) is 12.0 Å². The van der Waals surface area contributed by atoms with E-state index in [2.05, 4.69) is 21.2 Å². The molecule has 0 spiro atoms.